The maximum atomic E-state index is 13.1. The summed E-state index contributed by atoms with van der Waals surface area (Å²) in [5.41, 5.74) is 15.3. The summed E-state index contributed by atoms with van der Waals surface area (Å²) in [6, 6.07) is -3.33. The Bertz CT molecular complexity index is 1380. The van der Waals surface area contributed by atoms with Gasteiger partial charge in [-0.05, 0) is 13.0 Å². The van der Waals surface area contributed by atoms with Crippen molar-refractivity contribution in [2.45, 2.75) is 49.5 Å². The van der Waals surface area contributed by atoms with Crippen LogP contribution < -0.4 is 22.5 Å². The normalized spacial score (nSPS) is 21.5. The zero-order valence-corrected chi connectivity index (χ0v) is 21.1. The van der Waals surface area contributed by atoms with E-state index in [2.05, 4.69) is 25.7 Å². The van der Waals surface area contributed by atoms with Gasteiger partial charge in [0.2, 0.25) is 5.60 Å². The van der Waals surface area contributed by atoms with Crippen molar-refractivity contribution in [1.82, 2.24) is 29.6 Å². The number of β-lactam (4-membered cyclic amide) rings is 1. The van der Waals surface area contributed by atoms with Crippen molar-refractivity contribution >= 4 is 50.3 Å². The van der Waals surface area contributed by atoms with E-state index in [9.17, 15) is 32.5 Å². The second-order valence-corrected chi connectivity index (χ2v) is 10.7. The number of aromatic nitrogens is 4. The number of carbonyl (C=O) groups excluding carboxylic acids is 2. The molecular weight excluding hydrogens is 548 g/mol. The van der Waals surface area contributed by atoms with Crippen LogP contribution in [0.25, 0.3) is 0 Å². The van der Waals surface area contributed by atoms with Crippen LogP contribution in [0.15, 0.2) is 16.7 Å². The molecular formula is C18H24N10O8S2. The Morgan fingerprint density at radius 1 is 1.39 bits per heavy atom. The van der Waals surface area contributed by atoms with Crippen molar-refractivity contribution < 1.29 is 37.3 Å². The van der Waals surface area contributed by atoms with E-state index in [0.29, 0.717) is 18.7 Å². The summed E-state index contributed by atoms with van der Waals surface area (Å²) >= 11 is 0.967. The van der Waals surface area contributed by atoms with E-state index >= 15 is 0 Å². The highest BCUT2D eigenvalue weighted by atomic mass is 32.2. The molecule has 38 heavy (non-hydrogen) atoms. The average molecular weight is 573 g/mol. The number of nitrogens with two attached hydrogens (primary N) is 3. The molecule has 2 aromatic heterocycles. The van der Waals surface area contributed by atoms with Gasteiger partial charge in [0.25, 0.3) is 11.8 Å². The third-order valence-corrected chi connectivity index (χ3v) is 7.47. The van der Waals surface area contributed by atoms with Gasteiger partial charge in [0.1, 0.15) is 17.8 Å². The number of carbonyl (C=O) groups is 3. The molecule has 0 unspecified atom stereocenters. The maximum absolute atomic E-state index is 13.1. The van der Waals surface area contributed by atoms with Crippen molar-refractivity contribution in [3.05, 3.63) is 23.0 Å². The number of nitrogens with one attached hydrogen (secondary N) is 1. The first-order valence-electron chi connectivity index (χ1n) is 11.0. The molecule has 18 nitrogen and oxygen atoms in total. The molecule has 3 heterocycles. The molecule has 2 aliphatic rings. The summed E-state index contributed by atoms with van der Waals surface area (Å²) in [7, 11) is -5.00. The topological polar surface area (TPSA) is 284 Å². The van der Waals surface area contributed by atoms with E-state index in [4.69, 9.17) is 22.0 Å². The first-order valence-corrected chi connectivity index (χ1v) is 13.3. The number of aliphatic carboxylic acids is 1. The number of carboxylic acid groups (broad SMARTS) is 1. The van der Waals surface area contributed by atoms with Crippen LogP contribution in [0, 0.1) is 0 Å². The Labute approximate surface area is 218 Å². The largest absolute Gasteiger partial charge is 0.478 e. The fourth-order valence-electron chi connectivity index (χ4n) is 3.61. The third-order valence-electron chi connectivity index (χ3n) is 5.85. The molecule has 1 aliphatic carbocycles. The third kappa shape index (κ3) is 5.43. The Morgan fingerprint density at radius 3 is 2.66 bits per heavy atom. The van der Waals surface area contributed by atoms with Crippen LogP contribution in [-0.2, 0) is 36.1 Å². The molecule has 0 spiro atoms. The number of amides is 2. The van der Waals surface area contributed by atoms with Gasteiger partial charge < -0.3 is 32.5 Å². The molecule has 4 rings (SSSR count). The van der Waals surface area contributed by atoms with Crippen LogP contribution in [0.5, 0.6) is 0 Å². The minimum Gasteiger partial charge on any atom is -0.478 e. The summed E-state index contributed by atoms with van der Waals surface area (Å²) in [6.45, 7) is -0.0534. The minimum absolute atomic E-state index is 0.0616. The first-order chi connectivity index (χ1) is 17.9. The maximum Gasteiger partial charge on any atom is 0.362 e. The number of hydrogen-bond acceptors (Lipinski definition) is 14. The predicted molar refractivity (Wildman–Crippen MR) is 128 cm³/mol. The van der Waals surface area contributed by atoms with Gasteiger partial charge in [-0.3, -0.25) is 14.1 Å². The zero-order valence-electron chi connectivity index (χ0n) is 19.5. The molecule has 20 heteroatoms. The van der Waals surface area contributed by atoms with E-state index in [1.165, 1.54) is 11.6 Å². The monoisotopic (exact) mass is 572 g/mol. The summed E-state index contributed by atoms with van der Waals surface area (Å²) in [4.78, 5) is 47.3. The molecule has 3 atom stereocenters. The average Bonchev–Trinajstić information content (AvgIpc) is 3.27. The van der Waals surface area contributed by atoms with Crippen LogP contribution in [0.4, 0.5) is 5.13 Å². The number of nitrogens with zero attached hydrogens (tertiary/aromatic N) is 6. The number of oxime groups is 1. The van der Waals surface area contributed by atoms with Crippen LogP contribution in [0.2, 0.25) is 0 Å². The van der Waals surface area contributed by atoms with Gasteiger partial charge in [0.15, 0.2) is 10.8 Å². The predicted octanol–water partition coefficient (Wildman–Crippen LogP) is -2.80. The molecule has 1 aliphatic heterocycles. The van der Waals surface area contributed by atoms with Gasteiger partial charge in [-0.1, -0.05) is 5.16 Å². The fourth-order valence-corrected chi connectivity index (χ4v) is 5.02. The highest BCUT2D eigenvalue weighted by molar-refractivity contribution is 7.84. The van der Waals surface area contributed by atoms with Crippen LogP contribution in [0.1, 0.15) is 36.7 Å². The Kier molecular flexibility index (Phi) is 7.34. The lowest BCUT2D eigenvalue weighted by molar-refractivity contribution is -0.153. The minimum atomic E-state index is -5.00. The molecule has 1 saturated heterocycles. The molecule has 206 valence electrons. The van der Waals surface area contributed by atoms with Gasteiger partial charge in [-0.2, -0.15) is 23.4 Å². The van der Waals surface area contributed by atoms with Gasteiger partial charge in [-0.15, -0.1) is 11.3 Å². The second kappa shape index (κ2) is 10.2. The summed E-state index contributed by atoms with van der Waals surface area (Å²) in [6.07, 6.45) is 2.09. The summed E-state index contributed by atoms with van der Waals surface area (Å²) in [5, 5.41) is 24.9. The lowest BCUT2D eigenvalue weighted by Crippen LogP contribution is -2.73. The lowest BCUT2D eigenvalue weighted by Gasteiger charge is -2.43. The number of thiazole rings is 1. The van der Waals surface area contributed by atoms with Gasteiger partial charge in [0, 0.05) is 18.2 Å². The number of hydrogen-bond donors (Lipinski definition) is 6. The van der Waals surface area contributed by atoms with Crippen LogP contribution >= 0.6 is 11.3 Å². The summed E-state index contributed by atoms with van der Waals surface area (Å²) < 4.78 is 33.4. The van der Waals surface area contributed by atoms with E-state index in [-0.39, 0.29) is 34.5 Å². The SMILES string of the molecule is NCC[C@@H](N)c1cnn(C[C@@H]2[C@H](NC(=O)C(=NOC3(C(=O)O)CC3)c3csc(N)n3)C(=O)N2S(=O)(=O)O)n1. The van der Waals surface area contributed by atoms with Gasteiger partial charge >= 0.3 is 16.3 Å². The number of carboxylic acids is 1. The molecule has 0 bridgehead atoms. The van der Waals surface area contributed by atoms with Crippen molar-refractivity contribution in [2.75, 3.05) is 12.3 Å². The van der Waals surface area contributed by atoms with Gasteiger partial charge in [0.05, 0.1) is 24.5 Å². The van der Waals surface area contributed by atoms with Crippen molar-refractivity contribution in [3.63, 3.8) is 0 Å². The van der Waals surface area contributed by atoms with Crippen molar-refractivity contribution in [2.24, 2.45) is 16.6 Å². The Morgan fingerprint density at radius 2 is 2.11 bits per heavy atom. The molecule has 9 N–H and O–H groups in total. The molecule has 0 aromatic carbocycles. The molecule has 2 fully saturated rings. The Hall–Kier alpha value is -3.72. The number of anilines is 1. The quantitative estimate of drug-likeness (QED) is 0.0648. The highest BCUT2D eigenvalue weighted by Crippen LogP contribution is 2.40. The van der Waals surface area contributed by atoms with E-state index < -0.39 is 57.5 Å². The standard InChI is InChI=1S/C18H24N10O8S2/c19-4-1-8(20)9-5-22-27(25-9)6-11-13(15(30)28(11)38(33,34)35)24-14(29)12(10-7-37-17(21)23-10)26-36-18(2-3-18)16(31)32/h5,7-8,11,13H,1-4,6,19-20H2,(H2,21,23)(H,24,29)(H,31,32)(H,33,34,35)/t8-,11-,13+/m1/s1. The number of rotatable bonds is 12. The lowest BCUT2D eigenvalue weighted by atomic mass is 9.98. The van der Waals surface area contributed by atoms with E-state index in [1.807, 2.05) is 0 Å². The van der Waals surface area contributed by atoms with E-state index in [0.717, 1.165) is 16.1 Å². The van der Waals surface area contributed by atoms with Crippen molar-refractivity contribution in [1.29, 1.82) is 0 Å². The molecule has 2 aromatic rings. The second-order valence-electron chi connectivity index (χ2n) is 8.54. The van der Waals surface area contributed by atoms with Crippen molar-refractivity contribution in [3.8, 4) is 0 Å². The number of nitrogen functional groups attached to an aromatic ring is 1. The molecule has 0 radical (unpaired) electrons. The van der Waals surface area contributed by atoms with Crippen LogP contribution in [-0.4, -0.2) is 90.1 Å². The molecule has 2 amide bonds. The Balaban J connectivity index is 1.57. The van der Waals surface area contributed by atoms with E-state index in [1.54, 1.807) is 0 Å². The smallest absolute Gasteiger partial charge is 0.362 e. The first kappa shape index (κ1) is 27.3. The fraction of sp³-hybridized carbons (Fsp3) is 0.500. The molecule has 1 saturated carbocycles. The summed E-state index contributed by atoms with van der Waals surface area (Å²) in [5.74, 6) is -3.44. The zero-order chi connectivity index (χ0) is 27.8. The highest BCUT2D eigenvalue weighted by Gasteiger charge is 2.56. The van der Waals surface area contributed by atoms with Crippen LogP contribution in [0.3, 0.4) is 0 Å². The van der Waals surface area contributed by atoms with Gasteiger partial charge in [-0.25, -0.2) is 14.1 Å².